The van der Waals surface area contributed by atoms with Crippen LogP contribution in [-0.4, -0.2) is 16.1 Å². The van der Waals surface area contributed by atoms with Crippen molar-refractivity contribution >= 4 is 0 Å². The first-order valence-electron chi connectivity index (χ1n) is 6.97. The Bertz CT molecular complexity index is 595. The van der Waals surface area contributed by atoms with Crippen LogP contribution in [-0.2, 0) is 6.54 Å². The Labute approximate surface area is 120 Å². The smallest absolute Gasteiger partial charge is 0.140 e. The molecule has 2 aromatic rings. The Kier molecular flexibility index (Phi) is 4.91. The van der Waals surface area contributed by atoms with Gasteiger partial charge in [0.2, 0.25) is 0 Å². The van der Waals surface area contributed by atoms with Crippen LogP contribution >= 0.6 is 0 Å². The summed E-state index contributed by atoms with van der Waals surface area (Å²) >= 11 is 0. The van der Waals surface area contributed by atoms with Crippen LogP contribution < -0.4 is 5.32 Å². The molecule has 0 radical (unpaired) electrons. The Hall–Kier alpha value is -2.12. The number of nitriles is 1. The lowest BCUT2D eigenvalue weighted by atomic mass is 10.2. The van der Waals surface area contributed by atoms with Gasteiger partial charge in [0, 0.05) is 31.2 Å². The highest BCUT2D eigenvalue weighted by Gasteiger charge is 2.06. The van der Waals surface area contributed by atoms with Crippen LogP contribution in [0, 0.1) is 11.3 Å². The Morgan fingerprint density at radius 1 is 1.45 bits per heavy atom. The monoisotopic (exact) mass is 268 g/mol. The van der Waals surface area contributed by atoms with Gasteiger partial charge in [0.25, 0.3) is 0 Å². The molecule has 0 aliphatic heterocycles. The molecule has 0 saturated heterocycles. The van der Waals surface area contributed by atoms with Crippen molar-refractivity contribution < 1.29 is 0 Å². The Balaban J connectivity index is 2.04. The lowest BCUT2D eigenvalue weighted by Crippen LogP contribution is -2.18. The second-order valence-corrected chi connectivity index (χ2v) is 4.95. The van der Waals surface area contributed by atoms with E-state index >= 15 is 0 Å². The zero-order chi connectivity index (χ0) is 14.4. The van der Waals surface area contributed by atoms with Crippen molar-refractivity contribution in [1.29, 1.82) is 5.26 Å². The van der Waals surface area contributed by atoms with E-state index < -0.39 is 0 Å². The fourth-order valence-electron chi connectivity index (χ4n) is 2.14. The first-order valence-corrected chi connectivity index (χ1v) is 6.97. The zero-order valence-corrected chi connectivity index (χ0v) is 12.0. The Morgan fingerprint density at radius 3 is 3.05 bits per heavy atom. The quantitative estimate of drug-likeness (QED) is 0.876. The third-order valence-electron chi connectivity index (χ3n) is 3.28. The van der Waals surface area contributed by atoms with Crippen molar-refractivity contribution in [2.75, 3.05) is 6.54 Å². The molecule has 2 aromatic heterocycles. The Morgan fingerprint density at radius 2 is 2.30 bits per heavy atom. The van der Waals surface area contributed by atoms with Crippen LogP contribution in [0.3, 0.4) is 0 Å². The van der Waals surface area contributed by atoms with Crippen LogP contribution in [0.15, 0.2) is 36.8 Å². The van der Waals surface area contributed by atoms with Gasteiger partial charge < -0.3 is 9.88 Å². The van der Waals surface area contributed by atoms with E-state index in [0.29, 0.717) is 11.7 Å². The number of pyridine rings is 1. The molecule has 0 bridgehead atoms. The van der Waals surface area contributed by atoms with Gasteiger partial charge in [-0.15, -0.1) is 0 Å². The van der Waals surface area contributed by atoms with E-state index in [1.807, 2.05) is 12.1 Å². The minimum absolute atomic E-state index is 0.364. The second-order valence-electron chi connectivity index (χ2n) is 4.95. The second kappa shape index (κ2) is 6.88. The van der Waals surface area contributed by atoms with Gasteiger partial charge in [-0.1, -0.05) is 6.92 Å². The normalized spacial score (nSPS) is 12.1. The molecule has 0 aliphatic rings. The van der Waals surface area contributed by atoms with E-state index in [9.17, 15) is 0 Å². The van der Waals surface area contributed by atoms with Gasteiger partial charge in [-0.25, -0.2) is 4.98 Å². The lowest BCUT2D eigenvalue weighted by molar-refractivity contribution is 0.569. The first-order chi connectivity index (χ1) is 9.72. The molecule has 0 fully saturated rings. The molecule has 2 rings (SSSR count). The van der Waals surface area contributed by atoms with Crippen LogP contribution in [0.2, 0.25) is 0 Å². The topological polar surface area (TPSA) is 53.6 Å². The largest absolute Gasteiger partial charge is 0.350 e. The molecule has 1 atom stereocenters. The molecule has 4 nitrogen and oxygen atoms in total. The lowest BCUT2D eigenvalue weighted by Gasteiger charge is -2.11. The first kappa shape index (κ1) is 14.3. The van der Waals surface area contributed by atoms with Gasteiger partial charge in [-0.3, -0.25) is 0 Å². The molecule has 20 heavy (non-hydrogen) atoms. The summed E-state index contributed by atoms with van der Waals surface area (Å²) in [5, 5.41) is 12.3. The molecular weight excluding hydrogens is 248 g/mol. The number of rotatable bonds is 6. The zero-order valence-electron chi connectivity index (χ0n) is 12.0. The third kappa shape index (κ3) is 3.69. The summed E-state index contributed by atoms with van der Waals surface area (Å²) in [4.78, 5) is 3.99. The summed E-state index contributed by atoms with van der Waals surface area (Å²) in [6, 6.07) is 8.35. The van der Waals surface area contributed by atoms with Crippen LogP contribution in [0.5, 0.6) is 0 Å². The molecule has 0 spiro atoms. The van der Waals surface area contributed by atoms with E-state index in [-0.39, 0.29) is 0 Å². The minimum atomic E-state index is 0.364. The summed E-state index contributed by atoms with van der Waals surface area (Å²) in [7, 11) is 0. The molecule has 0 aromatic carbocycles. The highest BCUT2D eigenvalue weighted by molar-refractivity contribution is 5.26. The summed E-state index contributed by atoms with van der Waals surface area (Å²) < 4.78 is 2.13. The maximum Gasteiger partial charge on any atom is 0.140 e. The van der Waals surface area contributed by atoms with Gasteiger partial charge in [0.15, 0.2) is 0 Å². The average Bonchev–Trinajstić information content (AvgIpc) is 2.93. The van der Waals surface area contributed by atoms with Crippen molar-refractivity contribution in [3.63, 3.8) is 0 Å². The van der Waals surface area contributed by atoms with E-state index in [1.165, 1.54) is 5.56 Å². The summed E-state index contributed by atoms with van der Waals surface area (Å²) in [5.74, 6) is 0. The van der Waals surface area contributed by atoms with Crippen molar-refractivity contribution in [3.05, 3.63) is 53.6 Å². The van der Waals surface area contributed by atoms with Gasteiger partial charge in [0.1, 0.15) is 11.8 Å². The van der Waals surface area contributed by atoms with Crippen molar-refractivity contribution in [2.45, 2.75) is 32.9 Å². The SMILES string of the molecule is CCCNC(C)c1ccn(Cc2ccnc(C#N)c2)c1. The van der Waals surface area contributed by atoms with Crippen LogP contribution in [0.4, 0.5) is 0 Å². The molecule has 0 aliphatic carbocycles. The van der Waals surface area contributed by atoms with E-state index in [1.54, 1.807) is 6.20 Å². The number of hydrogen-bond donors (Lipinski definition) is 1. The number of nitrogens with zero attached hydrogens (tertiary/aromatic N) is 3. The maximum absolute atomic E-state index is 8.86. The van der Waals surface area contributed by atoms with Crippen molar-refractivity contribution in [2.24, 2.45) is 0 Å². The number of hydrogen-bond acceptors (Lipinski definition) is 3. The third-order valence-corrected chi connectivity index (χ3v) is 3.28. The molecule has 104 valence electrons. The molecule has 1 N–H and O–H groups in total. The maximum atomic E-state index is 8.86. The van der Waals surface area contributed by atoms with E-state index in [2.05, 4.69) is 53.2 Å². The van der Waals surface area contributed by atoms with Gasteiger partial charge in [-0.2, -0.15) is 5.26 Å². The molecule has 0 amide bonds. The molecule has 0 saturated carbocycles. The predicted octanol–water partition coefficient (Wildman–Crippen LogP) is 2.86. The standard InChI is InChI=1S/C16H20N4/c1-3-6-18-13(2)15-5-8-20(12-15)11-14-4-7-19-16(9-14)10-17/h4-5,7-9,12-13,18H,3,6,11H2,1-2H3. The van der Waals surface area contributed by atoms with Crippen molar-refractivity contribution in [3.8, 4) is 6.07 Å². The average molecular weight is 268 g/mol. The predicted molar refractivity (Wildman–Crippen MR) is 79.2 cm³/mol. The highest BCUT2D eigenvalue weighted by atomic mass is 15.0. The summed E-state index contributed by atoms with van der Waals surface area (Å²) in [6.07, 6.45) is 7.05. The molecule has 4 heteroatoms. The van der Waals surface area contributed by atoms with Crippen LogP contribution in [0.25, 0.3) is 0 Å². The van der Waals surface area contributed by atoms with Gasteiger partial charge in [0.05, 0.1) is 0 Å². The van der Waals surface area contributed by atoms with Crippen LogP contribution in [0.1, 0.15) is 43.1 Å². The van der Waals surface area contributed by atoms with Gasteiger partial charge >= 0.3 is 0 Å². The number of nitrogens with one attached hydrogen (secondary N) is 1. The fraction of sp³-hybridized carbons (Fsp3) is 0.375. The fourth-order valence-corrected chi connectivity index (χ4v) is 2.14. The molecule has 2 heterocycles. The number of aromatic nitrogens is 2. The van der Waals surface area contributed by atoms with E-state index in [4.69, 9.17) is 5.26 Å². The minimum Gasteiger partial charge on any atom is -0.350 e. The summed E-state index contributed by atoms with van der Waals surface area (Å²) in [6.45, 7) is 6.14. The van der Waals surface area contributed by atoms with Crippen molar-refractivity contribution in [1.82, 2.24) is 14.9 Å². The van der Waals surface area contributed by atoms with Gasteiger partial charge in [-0.05, 0) is 49.2 Å². The summed E-state index contributed by atoms with van der Waals surface area (Å²) in [5.41, 5.74) is 2.84. The molecule has 1 unspecified atom stereocenters. The highest BCUT2D eigenvalue weighted by Crippen LogP contribution is 2.14. The molecular formula is C16H20N4. The van der Waals surface area contributed by atoms with E-state index in [0.717, 1.165) is 25.1 Å².